The standard InChI is InChI=1S/C15H11ClN2O2S/c1-9-5-6-12(21-9)8-13-14(19)17-18(15(13)20)11-4-2-3-10(16)7-11/h2-8H,1H3,(H,17,19). The number of hydrazine groups is 1. The molecule has 2 aromatic rings. The van der Waals surface area contributed by atoms with Crippen LogP contribution in [0.5, 0.6) is 0 Å². The fourth-order valence-corrected chi connectivity index (χ4v) is 3.03. The highest BCUT2D eigenvalue weighted by molar-refractivity contribution is 7.12. The number of rotatable bonds is 2. The van der Waals surface area contributed by atoms with Crippen molar-refractivity contribution in [3.8, 4) is 0 Å². The summed E-state index contributed by atoms with van der Waals surface area (Å²) in [6.07, 6.45) is 1.61. The first-order valence-electron chi connectivity index (χ1n) is 6.24. The average molecular weight is 319 g/mol. The van der Waals surface area contributed by atoms with Crippen LogP contribution in [0.1, 0.15) is 9.75 Å². The molecular formula is C15H11ClN2O2S. The fraction of sp³-hybridized carbons (Fsp3) is 0.0667. The zero-order valence-electron chi connectivity index (χ0n) is 11.1. The van der Waals surface area contributed by atoms with Gasteiger partial charge in [-0.15, -0.1) is 11.3 Å². The van der Waals surface area contributed by atoms with E-state index in [0.29, 0.717) is 10.7 Å². The van der Waals surface area contributed by atoms with Gasteiger partial charge < -0.3 is 0 Å². The average Bonchev–Trinajstić information content (AvgIpc) is 2.97. The number of benzene rings is 1. The number of nitrogens with zero attached hydrogens (tertiary/aromatic N) is 1. The first-order valence-corrected chi connectivity index (χ1v) is 7.43. The van der Waals surface area contributed by atoms with Crippen LogP contribution in [0.25, 0.3) is 6.08 Å². The lowest BCUT2D eigenvalue weighted by Crippen LogP contribution is -2.35. The number of aryl methyl sites for hydroxylation is 1. The summed E-state index contributed by atoms with van der Waals surface area (Å²) in [6.45, 7) is 1.97. The largest absolute Gasteiger partial charge is 0.282 e. The monoisotopic (exact) mass is 318 g/mol. The van der Waals surface area contributed by atoms with Gasteiger partial charge in [-0.05, 0) is 43.3 Å². The minimum Gasteiger partial charge on any atom is -0.267 e. The van der Waals surface area contributed by atoms with E-state index in [0.717, 1.165) is 9.75 Å². The number of thiophene rings is 1. The van der Waals surface area contributed by atoms with Crippen LogP contribution in [0.2, 0.25) is 5.02 Å². The van der Waals surface area contributed by atoms with Crippen molar-refractivity contribution < 1.29 is 9.59 Å². The number of anilines is 1. The lowest BCUT2D eigenvalue weighted by atomic mass is 10.2. The van der Waals surface area contributed by atoms with Crippen molar-refractivity contribution in [1.82, 2.24) is 5.43 Å². The van der Waals surface area contributed by atoms with Gasteiger partial charge in [-0.2, -0.15) is 0 Å². The maximum absolute atomic E-state index is 12.4. The molecular weight excluding hydrogens is 308 g/mol. The van der Waals surface area contributed by atoms with Crippen molar-refractivity contribution >= 4 is 46.5 Å². The van der Waals surface area contributed by atoms with Crippen molar-refractivity contribution in [2.24, 2.45) is 0 Å². The smallest absolute Gasteiger partial charge is 0.267 e. The van der Waals surface area contributed by atoms with E-state index in [1.54, 1.807) is 30.3 Å². The van der Waals surface area contributed by atoms with E-state index >= 15 is 0 Å². The molecule has 0 atom stereocenters. The Morgan fingerprint density at radius 2 is 2.05 bits per heavy atom. The van der Waals surface area contributed by atoms with Gasteiger partial charge in [0, 0.05) is 14.8 Å². The van der Waals surface area contributed by atoms with Crippen LogP contribution in [0.3, 0.4) is 0 Å². The van der Waals surface area contributed by atoms with Crippen molar-refractivity contribution in [1.29, 1.82) is 0 Å². The highest BCUT2D eigenvalue weighted by Crippen LogP contribution is 2.25. The summed E-state index contributed by atoms with van der Waals surface area (Å²) in [5.41, 5.74) is 3.20. The maximum Gasteiger partial charge on any atom is 0.282 e. The van der Waals surface area contributed by atoms with Gasteiger partial charge >= 0.3 is 0 Å². The first kappa shape index (κ1) is 13.9. The maximum atomic E-state index is 12.4. The highest BCUT2D eigenvalue weighted by Gasteiger charge is 2.34. The van der Waals surface area contributed by atoms with Crippen molar-refractivity contribution in [3.63, 3.8) is 0 Å². The van der Waals surface area contributed by atoms with E-state index in [9.17, 15) is 9.59 Å². The van der Waals surface area contributed by atoms with E-state index in [1.807, 2.05) is 19.1 Å². The molecule has 3 rings (SSSR count). The van der Waals surface area contributed by atoms with Crippen LogP contribution in [-0.2, 0) is 9.59 Å². The van der Waals surface area contributed by atoms with Gasteiger partial charge in [-0.3, -0.25) is 15.0 Å². The molecule has 6 heteroatoms. The molecule has 106 valence electrons. The third-order valence-electron chi connectivity index (χ3n) is 3.01. The molecule has 0 spiro atoms. The minimum absolute atomic E-state index is 0.122. The van der Waals surface area contributed by atoms with Gasteiger partial charge in [-0.1, -0.05) is 17.7 Å². The molecule has 1 fully saturated rings. The Morgan fingerprint density at radius 3 is 2.71 bits per heavy atom. The normalized spacial score (nSPS) is 16.7. The summed E-state index contributed by atoms with van der Waals surface area (Å²) in [6, 6.07) is 10.6. The predicted octanol–water partition coefficient (Wildman–Crippen LogP) is 3.17. The van der Waals surface area contributed by atoms with Gasteiger partial charge in [0.2, 0.25) is 0 Å². The number of hydrogen-bond acceptors (Lipinski definition) is 3. The Hall–Kier alpha value is -2.11. The molecule has 1 aromatic heterocycles. The Balaban J connectivity index is 1.94. The Kier molecular flexibility index (Phi) is 3.53. The van der Waals surface area contributed by atoms with Gasteiger partial charge in [-0.25, -0.2) is 5.01 Å². The molecule has 0 unspecified atom stereocenters. The van der Waals surface area contributed by atoms with Gasteiger partial charge in [0.1, 0.15) is 5.57 Å². The third kappa shape index (κ3) is 2.70. The zero-order chi connectivity index (χ0) is 15.0. The van der Waals surface area contributed by atoms with Crippen LogP contribution in [-0.4, -0.2) is 11.8 Å². The topological polar surface area (TPSA) is 49.4 Å². The van der Waals surface area contributed by atoms with Crippen LogP contribution in [0.15, 0.2) is 42.0 Å². The number of halogens is 1. The van der Waals surface area contributed by atoms with Gasteiger partial charge in [0.25, 0.3) is 11.8 Å². The fourth-order valence-electron chi connectivity index (χ4n) is 2.03. The van der Waals surface area contributed by atoms with Crippen LogP contribution < -0.4 is 10.4 Å². The molecule has 4 nitrogen and oxygen atoms in total. The molecule has 1 aliphatic heterocycles. The van der Waals surface area contributed by atoms with E-state index < -0.39 is 5.91 Å². The third-order valence-corrected chi connectivity index (χ3v) is 4.19. The minimum atomic E-state index is -0.411. The van der Waals surface area contributed by atoms with Crippen molar-refractivity contribution in [2.75, 3.05) is 5.01 Å². The van der Waals surface area contributed by atoms with E-state index in [4.69, 9.17) is 11.6 Å². The predicted molar refractivity (Wildman–Crippen MR) is 84.1 cm³/mol. The summed E-state index contributed by atoms with van der Waals surface area (Å²) < 4.78 is 0. The number of carbonyl (C=O) groups excluding carboxylic acids is 2. The Bertz CT molecular complexity index is 767. The molecule has 1 aliphatic rings. The molecule has 0 bridgehead atoms. The summed E-state index contributed by atoms with van der Waals surface area (Å²) in [4.78, 5) is 26.4. The second-order valence-corrected chi connectivity index (χ2v) is 6.32. The molecule has 0 saturated carbocycles. The first-order chi connectivity index (χ1) is 10.0. The number of carbonyl (C=O) groups is 2. The lowest BCUT2D eigenvalue weighted by molar-refractivity contribution is -0.117. The van der Waals surface area contributed by atoms with Crippen molar-refractivity contribution in [3.05, 3.63) is 56.7 Å². The molecule has 2 amide bonds. The SMILES string of the molecule is Cc1ccc(C=C2C(=O)NN(c3cccc(Cl)c3)C2=O)s1. The molecule has 2 heterocycles. The molecule has 1 N–H and O–H groups in total. The molecule has 21 heavy (non-hydrogen) atoms. The number of nitrogens with one attached hydrogen (secondary N) is 1. The zero-order valence-corrected chi connectivity index (χ0v) is 12.7. The summed E-state index contributed by atoms with van der Waals surface area (Å²) in [7, 11) is 0. The lowest BCUT2D eigenvalue weighted by Gasteiger charge is -2.14. The van der Waals surface area contributed by atoms with Crippen LogP contribution in [0, 0.1) is 6.92 Å². The van der Waals surface area contributed by atoms with E-state index in [-0.39, 0.29) is 11.5 Å². The second-order valence-electron chi connectivity index (χ2n) is 4.57. The van der Waals surface area contributed by atoms with E-state index in [1.165, 1.54) is 16.3 Å². The van der Waals surface area contributed by atoms with Crippen LogP contribution >= 0.6 is 22.9 Å². The van der Waals surface area contributed by atoms with Crippen LogP contribution in [0.4, 0.5) is 5.69 Å². The molecule has 0 aliphatic carbocycles. The molecule has 1 aromatic carbocycles. The Labute approximate surface area is 130 Å². The molecule has 0 radical (unpaired) electrons. The van der Waals surface area contributed by atoms with Gasteiger partial charge in [0.15, 0.2) is 0 Å². The van der Waals surface area contributed by atoms with Crippen molar-refractivity contribution in [2.45, 2.75) is 6.92 Å². The van der Waals surface area contributed by atoms with E-state index in [2.05, 4.69) is 5.43 Å². The highest BCUT2D eigenvalue weighted by atomic mass is 35.5. The molecule has 1 saturated heterocycles. The summed E-state index contributed by atoms with van der Waals surface area (Å²) in [5, 5.41) is 1.71. The second kappa shape index (κ2) is 5.35. The Morgan fingerprint density at radius 1 is 1.24 bits per heavy atom. The summed E-state index contributed by atoms with van der Waals surface area (Å²) in [5.74, 6) is -0.792. The summed E-state index contributed by atoms with van der Waals surface area (Å²) >= 11 is 7.44. The number of amides is 2. The number of hydrogen-bond donors (Lipinski definition) is 1. The van der Waals surface area contributed by atoms with Gasteiger partial charge in [0.05, 0.1) is 5.69 Å². The quantitative estimate of drug-likeness (QED) is 0.683.